The van der Waals surface area contributed by atoms with Crippen LogP contribution in [0.1, 0.15) is 12.7 Å². The lowest BCUT2D eigenvalue weighted by Gasteiger charge is -2.05. The number of carbonyl (C=O) groups excluding carboxylic acids is 1. The van der Waals surface area contributed by atoms with Crippen LogP contribution in [0, 0.1) is 0 Å². The second kappa shape index (κ2) is 5.48. The Morgan fingerprint density at radius 2 is 1.85 bits per heavy atom. The quantitative estimate of drug-likeness (QED) is 0.885. The van der Waals surface area contributed by atoms with Crippen LogP contribution in [0.4, 0.5) is 0 Å². The summed E-state index contributed by atoms with van der Waals surface area (Å²) in [5.41, 5.74) is 0.673. The van der Waals surface area contributed by atoms with Gasteiger partial charge in [0.15, 0.2) is 0 Å². The lowest BCUT2D eigenvalue weighted by molar-refractivity contribution is -0.117. The van der Waals surface area contributed by atoms with Crippen LogP contribution in [0.25, 0.3) is 11.3 Å². The van der Waals surface area contributed by atoms with Gasteiger partial charge in [-0.15, -0.1) is 0 Å². The molecule has 0 spiro atoms. The van der Waals surface area contributed by atoms with E-state index in [0.29, 0.717) is 17.1 Å². The predicted molar refractivity (Wildman–Crippen MR) is 71.1 cm³/mol. The normalized spacial score (nSPS) is 11.3. The van der Waals surface area contributed by atoms with E-state index in [1.54, 1.807) is 24.3 Å². The van der Waals surface area contributed by atoms with Crippen molar-refractivity contribution in [1.29, 1.82) is 0 Å². The number of sulfonamides is 1. The Kier molecular flexibility index (Phi) is 3.91. The van der Waals surface area contributed by atoms with E-state index in [1.165, 1.54) is 12.1 Å². The van der Waals surface area contributed by atoms with Gasteiger partial charge in [0.1, 0.15) is 18.1 Å². The summed E-state index contributed by atoms with van der Waals surface area (Å²) < 4.78 is 30.7. The van der Waals surface area contributed by atoms with E-state index in [0.717, 1.165) is 6.92 Å². The number of nitrogens with one attached hydrogen (secondary N) is 1. The third-order valence-electron chi connectivity index (χ3n) is 2.54. The summed E-state index contributed by atoms with van der Waals surface area (Å²) in [6, 6.07) is 9.20. The van der Waals surface area contributed by atoms with Gasteiger partial charge in [-0.05, 0) is 36.4 Å². The number of hydrogen-bond acceptors (Lipinski definition) is 5. The maximum atomic E-state index is 11.8. The van der Waals surface area contributed by atoms with E-state index in [2.05, 4.69) is 0 Å². The van der Waals surface area contributed by atoms with Crippen molar-refractivity contribution < 1.29 is 22.7 Å². The molecule has 0 unspecified atom stereocenters. The van der Waals surface area contributed by atoms with Gasteiger partial charge in [0, 0.05) is 12.5 Å². The summed E-state index contributed by atoms with van der Waals surface area (Å²) in [4.78, 5) is 10.8. The Hall–Kier alpha value is -2.12. The van der Waals surface area contributed by atoms with Crippen molar-refractivity contribution >= 4 is 15.9 Å². The van der Waals surface area contributed by atoms with Crippen molar-refractivity contribution in [3.05, 3.63) is 42.2 Å². The molecule has 0 fully saturated rings. The van der Waals surface area contributed by atoms with Crippen molar-refractivity contribution in [3.8, 4) is 11.3 Å². The van der Waals surface area contributed by atoms with Gasteiger partial charge in [-0.1, -0.05) is 0 Å². The van der Waals surface area contributed by atoms with Gasteiger partial charge in [-0.2, -0.15) is 0 Å². The Labute approximate surface area is 116 Å². The molecule has 2 rings (SSSR count). The number of rotatable bonds is 4. The lowest BCUT2D eigenvalue weighted by atomic mass is 10.2. The zero-order chi connectivity index (χ0) is 14.8. The van der Waals surface area contributed by atoms with E-state index >= 15 is 0 Å². The molecule has 0 saturated heterocycles. The second-order valence-electron chi connectivity index (χ2n) is 4.11. The number of benzene rings is 1. The van der Waals surface area contributed by atoms with E-state index in [4.69, 9.17) is 9.52 Å². The summed E-state index contributed by atoms with van der Waals surface area (Å²) >= 11 is 0. The SMILES string of the molecule is CC(=O)NS(=O)(=O)c1ccc(-c2ccc(CO)o2)cc1. The van der Waals surface area contributed by atoms with Crippen molar-refractivity contribution in [2.24, 2.45) is 0 Å². The van der Waals surface area contributed by atoms with Gasteiger partial charge >= 0.3 is 0 Å². The minimum Gasteiger partial charge on any atom is -0.459 e. The van der Waals surface area contributed by atoms with Crippen LogP contribution in [0.2, 0.25) is 0 Å². The fourth-order valence-corrected chi connectivity index (χ4v) is 2.66. The first-order chi connectivity index (χ1) is 9.42. The van der Waals surface area contributed by atoms with E-state index in [9.17, 15) is 13.2 Å². The predicted octanol–water partition coefficient (Wildman–Crippen LogP) is 1.26. The van der Waals surface area contributed by atoms with Gasteiger partial charge in [-0.25, -0.2) is 13.1 Å². The first-order valence-electron chi connectivity index (χ1n) is 5.76. The topological polar surface area (TPSA) is 96.6 Å². The van der Waals surface area contributed by atoms with Gasteiger partial charge in [0.05, 0.1) is 4.90 Å². The Bertz CT molecular complexity index is 715. The van der Waals surface area contributed by atoms with Gasteiger partial charge in [0.25, 0.3) is 10.0 Å². The number of carbonyl (C=O) groups is 1. The molecule has 1 aromatic heterocycles. The number of amides is 1. The van der Waals surface area contributed by atoms with Crippen LogP contribution in [0.3, 0.4) is 0 Å². The largest absolute Gasteiger partial charge is 0.459 e. The van der Waals surface area contributed by atoms with Gasteiger partial charge < -0.3 is 9.52 Å². The molecule has 0 aliphatic carbocycles. The van der Waals surface area contributed by atoms with Crippen molar-refractivity contribution in [2.75, 3.05) is 0 Å². The molecule has 0 bridgehead atoms. The number of aliphatic hydroxyl groups excluding tert-OH is 1. The highest BCUT2D eigenvalue weighted by molar-refractivity contribution is 7.90. The zero-order valence-electron chi connectivity index (χ0n) is 10.7. The molecule has 106 valence electrons. The fourth-order valence-electron chi connectivity index (χ4n) is 1.66. The minimum atomic E-state index is -3.83. The monoisotopic (exact) mass is 295 g/mol. The summed E-state index contributed by atoms with van der Waals surface area (Å²) in [6.07, 6.45) is 0. The third kappa shape index (κ3) is 3.06. The van der Waals surface area contributed by atoms with Crippen LogP contribution in [-0.2, 0) is 21.4 Å². The molecular weight excluding hydrogens is 282 g/mol. The molecule has 1 amide bonds. The van der Waals surface area contributed by atoms with Crippen LogP contribution in [0.5, 0.6) is 0 Å². The zero-order valence-corrected chi connectivity index (χ0v) is 11.5. The number of furan rings is 1. The Morgan fingerprint density at radius 1 is 1.20 bits per heavy atom. The maximum Gasteiger partial charge on any atom is 0.264 e. The average molecular weight is 295 g/mol. The molecule has 20 heavy (non-hydrogen) atoms. The third-order valence-corrected chi connectivity index (χ3v) is 3.99. The van der Waals surface area contributed by atoms with E-state index in [1.807, 2.05) is 4.72 Å². The fraction of sp³-hybridized carbons (Fsp3) is 0.154. The highest BCUT2D eigenvalue weighted by Crippen LogP contribution is 2.23. The number of aliphatic hydroxyl groups is 1. The van der Waals surface area contributed by atoms with Crippen LogP contribution >= 0.6 is 0 Å². The minimum absolute atomic E-state index is 0.00890. The molecule has 7 heteroatoms. The van der Waals surface area contributed by atoms with Crippen LogP contribution in [-0.4, -0.2) is 19.4 Å². The summed E-state index contributed by atoms with van der Waals surface area (Å²) in [6.45, 7) is 0.931. The van der Waals surface area contributed by atoms with Crippen molar-refractivity contribution in [3.63, 3.8) is 0 Å². The molecule has 1 heterocycles. The summed E-state index contributed by atoms with van der Waals surface area (Å²) in [5, 5.41) is 8.92. The molecule has 2 N–H and O–H groups in total. The highest BCUT2D eigenvalue weighted by Gasteiger charge is 2.15. The van der Waals surface area contributed by atoms with Gasteiger partial charge in [0.2, 0.25) is 5.91 Å². The number of hydrogen-bond donors (Lipinski definition) is 2. The molecular formula is C13H13NO5S. The molecule has 0 saturated carbocycles. The first-order valence-corrected chi connectivity index (χ1v) is 7.24. The van der Waals surface area contributed by atoms with E-state index < -0.39 is 15.9 Å². The maximum absolute atomic E-state index is 11.8. The van der Waals surface area contributed by atoms with Crippen molar-refractivity contribution in [1.82, 2.24) is 4.72 Å². The highest BCUT2D eigenvalue weighted by atomic mass is 32.2. The van der Waals surface area contributed by atoms with Crippen molar-refractivity contribution in [2.45, 2.75) is 18.4 Å². The second-order valence-corrected chi connectivity index (χ2v) is 5.79. The molecule has 0 radical (unpaired) electrons. The molecule has 6 nitrogen and oxygen atoms in total. The molecule has 0 aliphatic heterocycles. The molecule has 1 aromatic carbocycles. The van der Waals surface area contributed by atoms with Gasteiger partial charge in [-0.3, -0.25) is 4.79 Å². The first kappa shape index (κ1) is 14.3. The molecule has 0 atom stereocenters. The average Bonchev–Trinajstić information content (AvgIpc) is 2.86. The summed E-state index contributed by atoms with van der Waals surface area (Å²) in [5.74, 6) is 0.306. The Morgan fingerprint density at radius 3 is 2.35 bits per heavy atom. The summed E-state index contributed by atoms with van der Waals surface area (Å²) in [7, 11) is -3.83. The Balaban J connectivity index is 2.28. The van der Waals surface area contributed by atoms with Crippen LogP contribution in [0.15, 0.2) is 45.7 Å². The molecule has 0 aliphatic rings. The molecule has 2 aromatic rings. The standard InChI is InChI=1S/C13H13NO5S/c1-9(16)14-20(17,18)12-5-2-10(3-6-12)13-7-4-11(8-15)19-13/h2-7,15H,8H2,1H3,(H,14,16). The van der Waals surface area contributed by atoms with Crippen LogP contribution < -0.4 is 4.72 Å². The lowest BCUT2D eigenvalue weighted by Crippen LogP contribution is -2.28. The van der Waals surface area contributed by atoms with E-state index in [-0.39, 0.29) is 11.5 Å². The smallest absolute Gasteiger partial charge is 0.264 e.